The lowest BCUT2D eigenvalue weighted by atomic mass is 9.73. The van der Waals surface area contributed by atoms with Crippen molar-refractivity contribution in [3.63, 3.8) is 0 Å². The molecule has 1 aliphatic heterocycles. The standard InChI is InChI=1S/C21H27F2N3O4S/c1-3-29-8-6-21(19(27)28)9-14(2)11-26(13-21)12-15-10-25-18(31-15)16-5-4-7-24-17(16)30-20(22)23/h4-5,7,10,14,20H,3,6,8-9,11-13H2,1-2H3,(H,27,28)/t14?,21-/m1/s1. The monoisotopic (exact) mass is 455 g/mol. The van der Waals surface area contributed by atoms with E-state index in [1.165, 1.54) is 17.5 Å². The number of likely N-dealkylation sites (tertiary alicyclic amines) is 1. The predicted molar refractivity (Wildman–Crippen MR) is 112 cm³/mol. The van der Waals surface area contributed by atoms with Gasteiger partial charge in [0.1, 0.15) is 5.01 Å². The number of carboxylic acid groups (broad SMARTS) is 1. The number of halogens is 2. The molecule has 0 bridgehead atoms. The maximum absolute atomic E-state index is 12.7. The van der Waals surface area contributed by atoms with Gasteiger partial charge in [0.2, 0.25) is 5.88 Å². The third-order valence-electron chi connectivity index (χ3n) is 5.35. The van der Waals surface area contributed by atoms with Crippen LogP contribution in [-0.4, -0.2) is 58.9 Å². The van der Waals surface area contributed by atoms with Crippen LogP contribution in [0.5, 0.6) is 5.88 Å². The average Bonchev–Trinajstić information content (AvgIpc) is 3.16. The zero-order valence-corrected chi connectivity index (χ0v) is 18.4. The Morgan fingerprint density at radius 3 is 2.97 bits per heavy atom. The topological polar surface area (TPSA) is 84.8 Å². The highest BCUT2D eigenvalue weighted by atomic mass is 32.1. The van der Waals surface area contributed by atoms with Crippen molar-refractivity contribution >= 4 is 17.3 Å². The van der Waals surface area contributed by atoms with Crippen LogP contribution in [0.15, 0.2) is 24.5 Å². The minimum absolute atomic E-state index is 0.161. The van der Waals surface area contributed by atoms with Gasteiger partial charge in [0.25, 0.3) is 0 Å². The van der Waals surface area contributed by atoms with E-state index in [1.54, 1.807) is 18.3 Å². The molecular formula is C21H27F2N3O4S. The summed E-state index contributed by atoms with van der Waals surface area (Å²) >= 11 is 1.36. The zero-order valence-electron chi connectivity index (χ0n) is 17.6. The highest BCUT2D eigenvalue weighted by Crippen LogP contribution is 2.38. The molecule has 1 unspecified atom stereocenters. The molecular weight excluding hydrogens is 428 g/mol. The van der Waals surface area contributed by atoms with E-state index in [1.807, 2.05) is 6.92 Å². The van der Waals surface area contributed by atoms with E-state index in [-0.39, 0.29) is 11.8 Å². The molecule has 1 fully saturated rings. The molecule has 0 aliphatic carbocycles. The van der Waals surface area contributed by atoms with Gasteiger partial charge in [0.15, 0.2) is 0 Å². The number of thiazole rings is 1. The van der Waals surface area contributed by atoms with Crippen LogP contribution in [0.3, 0.4) is 0 Å². The number of carboxylic acids is 1. The largest absolute Gasteiger partial charge is 0.481 e. The van der Waals surface area contributed by atoms with Gasteiger partial charge in [-0.1, -0.05) is 6.92 Å². The summed E-state index contributed by atoms with van der Waals surface area (Å²) in [6.45, 7) is 3.71. The number of piperidine rings is 1. The molecule has 3 rings (SSSR count). The van der Waals surface area contributed by atoms with Crippen LogP contribution in [0, 0.1) is 11.3 Å². The van der Waals surface area contributed by atoms with Crippen molar-refractivity contribution in [2.75, 3.05) is 26.3 Å². The molecule has 31 heavy (non-hydrogen) atoms. The van der Waals surface area contributed by atoms with E-state index >= 15 is 0 Å². The lowest BCUT2D eigenvalue weighted by Gasteiger charge is -2.42. The molecule has 2 aromatic rings. The molecule has 1 saturated heterocycles. The molecule has 0 aromatic carbocycles. The molecule has 10 heteroatoms. The van der Waals surface area contributed by atoms with E-state index in [4.69, 9.17) is 4.74 Å². The van der Waals surface area contributed by atoms with Gasteiger partial charge < -0.3 is 14.6 Å². The van der Waals surface area contributed by atoms with Gasteiger partial charge in [-0.05, 0) is 37.8 Å². The van der Waals surface area contributed by atoms with Crippen LogP contribution in [0.4, 0.5) is 8.78 Å². The Morgan fingerprint density at radius 1 is 1.45 bits per heavy atom. The van der Waals surface area contributed by atoms with Gasteiger partial charge in [0, 0.05) is 50.1 Å². The molecule has 0 spiro atoms. The fraction of sp³-hybridized carbons (Fsp3) is 0.571. The summed E-state index contributed by atoms with van der Waals surface area (Å²) in [4.78, 5) is 23.4. The first-order valence-electron chi connectivity index (χ1n) is 10.2. The number of nitrogens with zero attached hydrogens (tertiary/aromatic N) is 3. The van der Waals surface area contributed by atoms with Crippen molar-refractivity contribution in [3.8, 4) is 16.5 Å². The summed E-state index contributed by atoms with van der Waals surface area (Å²) in [5, 5.41) is 10.5. The summed E-state index contributed by atoms with van der Waals surface area (Å²) in [5.41, 5.74) is -0.440. The third kappa shape index (κ3) is 5.96. The van der Waals surface area contributed by atoms with Crippen molar-refractivity contribution in [2.45, 2.75) is 39.8 Å². The Bertz CT molecular complexity index is 882. The Balaban J connectivity index is 1.74. The molecule has 1 aliphatic rings. The molecule has 0 amide bonds. The van der Waals surface area contributed by atoms with E-state index in [9.17, 15) is 18.7 Å². The van der Waals surface area contributed by atoms with Crippen LogP contribution in [0.25, 0.3) is 10.6 Å². The summed E-state index contributed by atoms with van der Waals surface area (Å²) in [6.07, 6.45) is 4.17. The maximum Gasteiger partial charge on any atom is 0.388 e. The van der Waals surface area contributed by atoms with Crippen molar-refractivity contribution < 1.29 is 28.2 Å². The highest BCUT2D eigenvalue weighted by Gasteiger charge is 2.44. The molecule has 1 N–H and O–H groups in total. The van der Waals surface area contributed by atoms with E-state index in [0.717, 1.165) is 11.4 Å². The number of hydrogen-bond donors (Lipinski definition) is 1. The molecule has 2 atom stereocenters. The van der Waals surface area contributed by atoms with Crippen LogP contribution < -0.4 is 4.74 Å². The molecule has 2 aromatic heterocycles. The van der Waals surface area contributed by atoms with Gasteiger partial charge in [0.05, 0.1) is 11.0 Å². The van der Waals surface area contributed by atoms with Crippen molar-refractivity contribution in [3.05, 3.63) is 29.4 Å². The smallest absolute Gasteiger partial charge is 0.388 e. The van der Waals surface area contributed by atoms with Crippen LogP contribution in [-0.2, 0) is 16.1 Å². The minimum Gasteiger partial charge on any atom is -0.481 e. The Kier molecular flexibility index (Phi) is 7.90. The molecule has 3 heterocycles. The number of pyridine rings is 1. The SMILES string of the molecule is CCOCC[C@@]1(C(=O)O)CC(C)CN(Cc2cnc(-c3cccnc3OC(F)F)s2)C1. The van der Waals surface area contributed by atoms with Gasteiger partial charge >= 0.3 is 12.6 Å². The number of hydrogen-bond acceptors (Lipinski definition) is 7. The first kappa shape index (κ1) is 23.5. The Morgan fingerprint density at radius 2 is 2.26 bits per heavy atom. The second kappa shape index (κ2) is 10.4. The molecule has 0 saturated carbocycles. The van der Waals surface area contributed by atoms with E-state index in [0.29, 0.717) is 49.7 Å². The summed E-state index contributed by atoms with van der Waals surface area (Å²) < 4.78 is 35.3. The number of aliphatic carboxylic acids is 1. The molecule has 0 radical (unpaired) electrons. The molecule has 170 valence electrons. The van der Waals surface area contributed by atoms with Gasteiger partial charge in [-0.2, -0.15) is 8.78 Å². The average molecular weight is 456 g/mol. The summed E-state index contributed by atoms with van der Waals surface area (Å²) in [5.74, 6) is -0.730. The number of carbonyl (C=O) groups is 1. The summed E-state index contributed by atoms with van der Waals surface area (Å²) in [6, 6.07) is 3.28. The van der Waals surface area contributed by atoms with Gasteiger partial charge in [-0.3, -0.25) is 9.69 Å². The van der Waals surface area contributed by atoms with Crippen molar-refractivity contribution in [1.82, 2.24) is 14.9 Å². The zero-order chi connectivity index (χ0) is 22.4. The van der Waals surface area contributed by atoms with Crippen molar-refractivity contribution in [1.29, 1.82) is 0 Å². The second-order valence-corrected chi connectivity index (χ2v) is 8.99. The first-order valence-corrected chi connectivity index (χ1v) is 11.0. The third-order valence-corrected chi connectivity index (χ3v) is 6.37. The predicted octanol–water partition coefficient (Wildman–Crippen LogP) is 4.15. The lowest BCUT2D eigenvalue weighted by Crippen LogP contribution is -2.50. The van der Waals surface area contributed by atoms with Crippen molar-refractivity contribution in [2.24, 2.45) is 11.3 Å². The Labute approximate surface area is 184 Å². The molecule has 7 nitrogen and oxygen atoms in total. The number of aromatic nitrogens is 2. The number of ether oxygens (including phenoxy) is 2. The maximum atomic E-state index is 12.7. The van der Waals surface area contributed by atoms with Crippen LogP contribution in [0.2, 0.25) is 0 Å². The summed E-state index contributed by atoms with van der Waals surface area (Å²) in [7, 11) is 0. The van der Waals surface area contributed by atoms with Crippen LogP contribution in [0.1, 0.15) is 31.6 Å². The highest BCUT2D eigenvalue weighted by molar-refractivity contribution is 7.15. The fourth-order valence-electron chi connectivity index (χ4n) is 4.16. The van der Waals surface area contributed by atoms with Gasteiger partial charge in [-0.25, -0.2) is 9.97 Å². The van der Waals surface area contributed by atoms with E-state index in [2.05, 4.69) is 26.5 Å². The number of rotatable bonds is 10. The number of alkyl halides is 2. The Hall–Kier alpha value is -2.17. The minimum atomic E-state index is -2.97. The quantitative estimate of drug-likeness (QED) is 0.539. The second-order valence-electron chi connectivity index (χ2n) is 7.88. The normalized spacial score (nSPS) is 22.0. The van der Waals surface area contributed by atoms with E-state index < -0.39 is 18.0 Å². The first-order chi connectivity index (χ1) is 14.8. The lowest BCUT2D eigenvalue weighted by molar-refractivity contribution is -0.156. The fourth-order valence-corrected chi connectivity index (χ4v) is 5.13. The van der Waals surface area contributed by atoms with Gasteiger partial charge in [-0.15, -0.1) is 11.3 Å². The van der Waals surface area contributed by atoms with Crippen LogP contribution >= 0.6 is 11.3 Å².